The van der Waals surface area contributed by atoms with Crippen LogP contribution in [0.4, 0.5) is 0 Å². The SMILES string of the molecule is O=C1Cc2ncc(Br)cc2C(=O)N1. The Morgan fingerprint density at radius 1 is 1.46 bits per heavy atom. The highest BCUT2D eigenvalue weighted by atomic mass is 79.9. The first-order chi connectivity index (χ1) is 6.16. The second kappa shape index (κ2) is 2.92. The van der Waals surface area contributed by atoms with Crippen molar-refractivity contribution < 1.29 is 9.59 Å². The summed E-state index contributed by atoms with van der Waals surface area (Å²) in [4.78, 5) is 26.2. The van der Waals surface area contributed by atoms with Crippen molar-refractivity contribution in [3.8, 4) is 0 Å². The number of rotatable bonds is 0. The van der Waals surface area contributed by atoms with Crippen LogP contribution < -0.4 is 5.32 Å². The van der Waals surface area contributed by atoms with E-state index in [1.54, 1.807) is 12.3 Å². The van der Waals surface area contributed by atoms with Gasteiger partial charge in [-0.2, -0.15) is 0 Å². The minimum Gasteiger partial charge on any atom is -0.292 e. The zero-order valence-corrected chi connectivity index (χ0v) is 8.09. The second-order valence-corrected chi connectivity index (χ2v) is 3.62. The molecule has 0 spiro atoms. The van der Waals surface area contributed by atoms with E-state index in [-0.39, 0.29) is 18.2 Å². The van der Waals surface area contributed by atoms with E-state index < -0.39 is 0 Å². The first-order valence-corrected chi connectivity index (χ1v) is 4.45. The van der Waals surface area contributed by atoms with E-state index in [0.717, 1.165) is 4.47 Å². The van der Waals surface area contributed by atoms with Crippen LogP contribution in [0.3, 0.4) is 0 Å². The molecule has 0 atom stereocenters. The summed E-state index contributed by atoms with van der Waals surface area (Å²) in [5.74, 6) is -0.674. The van der Waals surface area contributed by atoms with E-state index >= 15 is 0 Å². The fraction of sp³-hybridized carbons (Fsp3) is 0.125. The summed E-state index contributed by atoms with van der Waals surface area (Å²) in [5, 5.41) is 2.22. The minimum atomic E-state index is -0.375. The molecule has 2 heterocycles. The Balaban J connectivity index is 2.55. The zero-order valence-electron chi connectivity index (χ0n) is 6.50. The Hall–Kier alpha value is -1.23. The normalized spacial score (nSPS) is 15.2. The van der Waals surface area contributed by atoms with Crippen molar-refractivity contribution in [2.24, 2.45) is 0 Å². The third-order valence-corrected chi connectivity index (χ3v) is 2.20. The van der Waals surface area contributed by atoms with Crippen LogP contribution in [0.25, 0.3) is 0 Å². The maximum absolute atomic E-state index is 11.3. The van der Waals surface area contributed by atoms with Gasteiger partial charge in [0.1, 0.15) is 0 Å². The number of halogens is 1. The molecule has 1 N–H and O–H groups in total. The van der Waals surface area contributed by atoms with Crippen LogP contribution in [-0.2, 0) is 11.2 Å². The van der Waals surface area contributed by atoms with Gasteiger partial charge in [-0.25, -0.2) is 0 Å². The van der Waals surface area contributed by atoms with E-state index in [9.17, 15) is 9.59 Å². The van der Waals surface area contributed by atoms with Crippen LogP contribution in [0.15, 0.2) is 16.7 Å². The van der Waals surface area contributed by atoms with Crippen molar-refractivity contribution in [1.82, 2.24) is 10.3 Å². The molecule has 0 radical (unpaired) electrons. The summed E-state index contributed by atoms with van der Waals surface area (Å²) in [5.41, 5.74) is 1.01. The van der Waals surface area contributed by atoms with Gasteiger partial charge in [0.2, 0.25) is 5.91 Å². The van der Waals surface area contributed by atoms with Crippen molar-refractivity contribution in [2.45, 2.75) is 6.42 Å². The zero-order chi connectivity index (χ0) is 9.42. The Morgan fingerprint density at radius 2 is 2.23 bits per heavy atom. The molecule has 0 unspecified atom stereocenters. The van der Waals surface area contributed by atoms with E-state index in [1.165, 1.54) is 0 Å². The monoisotopic (exact) mass is 240 g/mol. The lowest BCUT2D eigenvalue weighted by molar-refractivity contribution is -0.119. The van der Waals surface area contributed by atoms with Crippen molar-refractivity contribution in [1.29, 1.82) is 0 Å². The maximum atomic E-state index is 11.3. The molecule has 5 heteroatoms. The number of fused-ring (bicyclic) bond motifs is 1. The van der Waals surface area contributed by atoms with Gasteiger partial charge in [0.05, 0.1) is 17.7 Å². The molecule has 66 valence electrons. The van der Waals surface area contributed by atoms with Gasteiger partial charge in [-0.15, -0.1) is 0 Å². The smallest absolute Gasteiger partial charge is 0.259 e. The van der Waals surface area contributed by atoms with Crippen LogP contribution in [0.2, 0.25) is 0 Å². The Morgan fingerprint density at radius 3 is 3.00 bits per heavy atom. The number of hydrogen-bond donors (Lipinski definition) is 1. The summed E-state index contributed by atoms with van der Waals surface area (Å²) >= 11 is 3.21. The number of hydrogen-bond acceptors (Lipinski definition) is 3. The molecule has 1 aromatic heterocycles. The lowest BCUT2D eigenvalue weighted by atomic mass is 10.1. The highest BCUT2D eigenvalue weighted by Gasteiger charge is 2.23. The van der Waals surface area contributed by atoms with Crippen LogP contribution in [0.5, 0.6) is 0 Å². The Bertz CT molecular complexity index is 403. The fourth-order valence-electron chi connectivity index (χ4n) is 1.20. The number of carbonyl (C=O) groups is 2. The third-order valence-electron chi connectivity index (χ3n) is 1.76. The lowest BCUT2D eigenvalue weighted by Crippen LogP contribution is -2.37. The molecule has 0 saturated heterocycles. The molecule has 1 aromatic rings. The Kier molecular flexibility index (Phi) is 1.88. The molecule has 0 aliphatic carbocycles. The van der Waals surface area contributed by atoms with E-state index in [4.69, 9.17) is 0 Å². The second-order valence-electron chi connectivity index (χ2n) is 2.70. The van der Waals surface area contributed by atoms with Gasteiger partial charge >= 0.3 is 0 Å². The first kappa shape index (κ1) is 8.37. The van der Waals surface area contributed by atoms with E-state index in [1.807, 2.05) is 0 Å². The number of nitrogens with one attached hydrogen (secondary N) is 1. The molecule has 0 aromatic carbocycles. The maximum Gasteiger partial charge on any atom is 0.259 e. The third kappa shape index (κ3) is 1.47. The highest BCUT2D eigenvalue weighted by Crippen LogP contribution is 2.16. The van der Waals surface area contributed by atoms with Crippen LogP contribution in [0, 0.1) is 0 Å². The van der Waals surface area contributed by atoms with Crippen molar-refractivity contribution in [3.63, 3.8) is 0 Å². The average Bonchev–Trinajstić information content (AvgIpc) is 2.06. The number of pyridine rings is 1. The highest BCUT2D eigenvalue weighted by molar-refractivity contribution is 9.10. The van der Waals surface area contributed by atoms with Gasteiger partial charge in [-0.1, -0.05) is 0 Å². The molecule has 2 rings (SSSR count). The Labute approximate surface area is 82.5 Å². The van der Waals surface area contributed by atoms with Crippen molar-refractivity contribution >= 4 is 27.7 Å². The number of aromatic nitrogens is 1. The van der Waals surface area contributed by atoms with Crippen LogP contribution in [0.1, 0.15) is 16.1 Å². The summed E-state index contributed by atoms with van der Waals surface area (Å²) in [6.07, 6.45) is 1.75. The van der Waals surface area contributed by atoms with Gasteiger partial charge in [-0.3, -0.25) is 19.9 Å². The minimum absolute atomic E-state index is 0.175. The van der Waals surface area contributed by atoms with Gasteiger partial charge in [-0.05, 0) is 22.0 Å². The number of nitrogens with zero attached hydrogens (tertiary/aromatic N) is 1. The summed E-state index contributed by atoms with van der Waals surface area (Å²) < 4.78 is 0.732. The average molecular weight is 241 g/mol. The summed E-state index contributed by atoms with van der Waals surface area (Å²) in [6, 6.07) is 1.66. The summed E-state index contributed by atoms with van der Waals surface area (Å²) in [6.45, 7) is 0. The molecule has 1 aliphatic heterocycles. The molecule has 0 bridgehead atoms. The standard InChI is InChI=1S/C8H5BrN2O2/c9-4-1-5-6(10-3-4)2-7(12)11-8(5)13/h1,3H,2H2,(H,11,12,13). The predicted molar refractivity (Wildman–Crippen MR) is 48.1 cm³/mol. The molecular formula is C8H5BrN2O2. The van der Waals surface area contributed by atoms with Crippen molar-refractivity contribution in [3.05, 3.63) is 28.0 Å². The molecule has 4 nitrogen and oxygen atoms in total. The predicted octanol–water partition coefficient (Wildman–Crippen LogP) is 0.657. The van der Waals surface area contributed by atoms with Crippen molar-refractivity contribution in [2.75, 3.05) is 0 Å². The number of carbonyl (C=O) groups excluding carboxylic acids is 2. The molecular weight excluding hydrogens is 236 g/mol. The van der Waals surface area contributed by atoms with Gasteiger partial charge in [0, 0.05) is 10.7 Å². The molecule has 13 heavy (non-hydrogen) atoms. The van der Waals surface area contributed by atoms with Crippen LogP contribution >= 0.6 is 15.9 Å². The number of imide groups is 1. The topological polar surface area (TPSA) is 59.1 Å². The van der Waals surface area contributed by atoms with E-state index in [2.05, 4.69) is 26.2 Å². The van der Waals surface area contributed by atoms with E-state index in [0.29, 0.717) is 11.3 Å². The lowest BCUT2D eigenvalue weighted by Gasteiger charge is -2.13. The van der Waals surface area contributed by atoms with Gasteiger partial charge < -0.3 is 0 Å². The number of amides is 2. The van der Waals surface area contributed by atoms with Gasteiger partial charge in [0.15, 0.2) is 0 Å². The quantitative estimate of drug-likeness (QED) is 0.678. The molecule has 2 amide bonds. The molecule has 1 aliphatic rings. The first-order valence-electron chi connectivity index (χ1n) is 3.65. The molecule has 0 fully saturated rings. The fourth-order valence-corrected chi connectivity index (χ4v) is 1.53. The summed E-state index contributed by atoms with van der Waals surface area (Å²) in [7, 11) is 0. The largest absolute Gasteiger partial charge is 0.292 e. The molecule has 0 saturated carbocycles. The van der Waals surface area contributed by atoms with Crippen LogP contribution in [-0.4, -0.2) is 16.8 Å². The van der Waals surface area contributed by atoms with Gasteiger partial charge in [0.25, 0.3) is 5.91 Å².